The van der Waals surface area contributed by atoms with Crippen LogP contribution in [0.3, 0.4) is 0 Å². The maximum atomic E-state index is 12.9. The number of hydrogen-bond donors (Lipinski definition) is 1. The second kappa shape index (κ2) is 10.9. The lowest BCUT2D eigenvalue weighted by atomic mass is 10.0. The van der Waals surface area contributed by atoms with Gasteiger partial charge in [-0.3, -0.25) is 9.59 Å². The van der Waals surface area contributed by atoms with E-state index in [2.05, 4.69) is 5.32 Å². The van der Waals surface area contributed by atoms with Crippen molar-refractivity contribution < 1.29 is 22.7 Å². The molecule has 1 heterocycles. The van der Waals surface area contributed by atoms with Gasteiger partial charge in [-0.15, -0.1) is 0 Å². The highest BCUT2D eigenvalue weighted by atomic mass is 32.2. The van der Waals surface area contributed by atoms with Gasteiger partial charge in [-0.1, -0.05) is 42.5 Å². The van der Waals surface area contributed by atoms with Crippen LogP contribution in [0, 0.1) is 0 Å². The van der Waals surface area contributed by atoms with E-state index in [0.717, 1.165) is 16.3 Å². The van der Waals surface area contributed by atoms with Crippen LogP contribution in [-0.2, 0) is 26.0 Å². The third kappa shape index (κ3) is 5.80. The van der Waals surface area contributed by atoms with Gasteiger partial charge in [0.25, 0.3) is 0 Å². The molecule has 1 fully saturated rings. The summed E-state index contributed by atoms with van der Waals surface area (Å²) in [6.07, 6.45) is 0.183. The smallest absolute Gasteiger partial charge is 0.243 e. The highest BCUT2D eigenvalue weighted by Crippen LogP contribution is 2.21. The minimum Gasteiger partial charge on any atom is -0.494 e. The van der Waals surface area contributed by atoms with Crippen LogP contribution < -0.4 is 10.1 Å². The number of hydrogen-bond acceptors (Lipinski definition) is 5. The van der Waals surface area contributed by atoms with E-state index in [4.69, 9.17) is 4.74 Å². The Morgan fingerprint density at radius 2 is 1.60 bits per heavy atom. The normalized spacial score (nSPS) is 14.6. The number of piperazine rings is 1. The molecule has 0 unspecified atom stereocenters. The number of amides is 2. The molecule has 0 spiro atoms. The van der Waals surface area contributed by atoms with Crippen LogP contribution in [0.25, 0.3) is 10.8 Å². The van der Waals surface area contributed by atoms with Crippen molar-refractivity contribution in [2.45, 2.75) is 18.2 Å². The second-order valence-electron chi connectivity index (χ2n) is 8.28. The average molecular weight is 496 g/mol. The number of nitrogens with one attached hydrogen (secondary N) is 1. The number of fused-ring (bicyclic) bond motifs is 1. The number of carbonyl (C=O) groups excluding carboxylic acids is 2. The fourth-order valence-electron chi connectivity index (χ4n) is 4.17. The largest absolute Gasteiger partial charge is 0.494 e. The maximum Gasteiger partial charge on any atom is 0.243 e. The van der Waals surface area contributed by atoms with Crippen molar-refractivity contribution in [3.05, 3.63) is 72.3 Å². The molecule has 1 aliphatic heterocycles. The summed E-state index contributed by atoms with van der Waals surface area (Å²) in [5.74, 6) is 0.158. The van der Waals surface area contributed by atoms with E-state index in [0.29, 0.717) is 12.4 Å². The summed E-state index contributed by atoms with van der Waals surface area (Å²) < 4.78 is 32.6. The molecule has 184 valence electrons. The molecule has 0 atom stereocenters. The Balaban J connectivity index is 1.27. The topological polar surface area (TPSA) is 96.0 Å². The third-order valence-corrected chi connectivity index (χ3v) is 7.94. The summed E-state index contributed by atoms with van der Waals surface area (Å²) >= 11 is 0. The lowest BCUT2D eigenvalue weighted by molar-refractivity contribution is -0.133. The van der Waals surface area contributed by atoms with Crippen molar-refractivity contribution in [3.63, 3.8) is 0 Å². The first-order valence-corrected chi connectivity index (χ1v) is 13.1. The molecule has 35 heavy (non-hydrogen) atoms. The summed E-state index contributed by atoms with van der Waals surface area (Å²) in [5.41, 5.74) is 0.904. The Morgan fingerprint density at radius 1 is 0.914 bits per heavy atom. The number of benzene rings is 3. The van der Waals surface area contributed by atoms with Gasteiger partial charge in [0.05, 0.1) is 24.5 Å². The molecule has 1 N–H and O–H groups in total. The van der Waals surface area contributed by atoms with Crippen LogP contribution in [0.5, 0.6) is 5.75 Å². The van der Waals surface area contributed by atoms with E-state index in [1.54, 1.807) is 17.0 Å². The second-order valence-corrected chi connectivity index (χ2v) is 10.2. The van der Waals surface area contributed by atoms with Gasteiger partial charge in [-0.05, 0) is 47.5 Å². The zero-order valence-corrected chi connectivity index (χ0v) is 20.5. The first kappa shape index (κ1) is 24.7. The molecule has 3 aromatic rings. The molecule has 0 bridgehead atoms. The Bertz CT molecular complexity index is 1290. The predicted octanol–water partition coefficient (Wildman–Crippen LogP) is 2.43. The molecule has 0 aromatic heterocycles. The average Bonchev–Trinajstić information content (AvgIpc) is 2.88. The van der Waals surface area contributed by atoms with Gasteiger partial charge in [0.15, 0.2) is 0 Å². The van der Waals surface area contributed by atoms with Gasteiger partial charge >= 0.3 is 0 Å². The summed E-state index contributed by atoms with van der Waals surface area (Å²) in [5, 5.41) is 4.78. The van der Waals surface area contributed by atoms with Gasteiger partial charge in [-0.25, -0.2) is 8.42 Å². The predicted molar refractivity (Wildman–Crippen MR) is 134 cm³/mol. The fourth-order valence-corrected chi connectivity index (χ4v) is 5.59. The van der Waals surface area contributed by atoms with E-state index in [9.17, 15) is 18.0 Å². The molecule has 9 heteroatoms. The lowest BCUT2D eigenvalue weighted by Crippen LogP contribution is -2.52. The van der Waals surface area contributed by atoms with Gasteiger partial charge in [0.2, 0.25) is 21.8 Å². The molecule has 0 radical (unpaired) electrons. The molecule has 3 aromatic carbocycles. The fraction of sp³-hybridized carbons (Fsp3) is 0.308. The molecule has 2 amide bonds. The highest BCUT2D eigenvalue weighted by Gasteiger charge is 2.30. The van der Waals surface area contributed by atoms with E-state index in [1.807, 2.05) is 49.4 Å². The van der Waals surface area contributed by atoms with Crippen molar-refractivity contribution >= 4 is 32.6 Å². The Labute approximate surface area is 205 Å². The van der Waals surface area contributed by atoms with Gasteiger partial charge in [-0.2, -0.15) is 4.31 Å². The lowest BCUT2D eigenvalue weighted by Gasteiger charge is -2.34. The molecule has 4 rings (SSSR count). The van der Waals surface area contributed by atoms with Gasteiger partial charge < -0.3 is 15.0 Å². The Hall–Kier alpha value is -3.43. The first-order valence-electron chi connectivity index (χ1n) is 11.6. The Morgan fingerprint density at radius 3 is 2.31 bits per heavy atom. The van der Waals surface area contributed by atoms with E-state index in [1.165, 1.54) is 16.4 Å². The molecular formula is C26H29N3O5S. The minimum absolute atomic E-state index is 0.116. The summed E-state index contributed by atoms with van der Waals surface area (Å²) in [7, 11) is -3.65. The molecule has 0 saturated carbocycles. The third-order valence-electron chi connectivity index (χ3n) is 6.03. The first-order chi connectivity index (χ1) is 16.9. The summed E-state index contributed by atoms with van der Waals surface area (Å²) in [6.45, 7) is 3.20. The van der Waals surface area contributed by atoms with E-state index in [-0.39, 0.29) is 55.9 Å². The molecule has 1 aliphatic rings. The zero-order valence-electron chi connectivity index (χ0n) is 19.6. The SMILES string of the molecule is CCOc1ccc(S(=O)(=O)N2CCN(C(=O)CNC(=O)Cc3cccc4ccccc34)CC2)cc1. The summed E-state index contributed by atoms with van der Waals surface area (Å²) in [6, 6.07) is 20.0. The molecule has 8 nitrogen and oxygen atoms in total. The molecular weight excluding hydrogens is 466 g/mol. The molecule has 1 saturated heterocycles. The van der Waals surface area contributed by atoms with Crippen LogP contribution in [0.1, 0.15) is 12.5 Å². The van der Waals surface area contributed by atoms with Crippen LogP contribution in [0.4, 0.5) is 0 Å². The van der Waals surface area contributed by atoms with Crippen LogP contribution in [0.2, 0.25) is 0 Å². The Kier molecular flexibility index (Phi) is 7.67. The van der Waals surface area contributed by atoms with Crippen molar-refractivity contribution in [1.82, 2.24) is 14.5 Å². The number of rotatable bonds is 8. The van der Waals surface area contributed by atoms with Crippen molar-refractivity contribution in [2.75, 3.05) is 39.3 Å². The van der Waals surface area contributed by atoms with Crippen molar-refractivity contribution in [2.24, 2.45) is 0 Å². The number of ether oxygens (including phenoxy) is 1. The number of sulfonamides is 1. The maximum absolute atomic E-state index is 12.9. The molecule has 0 aliphatic carbocycles. The van der Waals surface area contributed by atoms with E-state index >= 15 is 0 Å². The van der Waals surface area contributed by atoms with Crippen molar-refractivity contribution in [3.8, 4) is 5.75 Å². The highest BCUT2D eigenvalue weighted by molar-refractivity contribution is 7.89. The number of nitrogens with zero attached hydrogens (tertiary/aromatic N) is 2. The quantitative estimate of drug-likeness (QED) is 0.518. The summed E-state index contributed by atoms with van der Waals surface area (Å²) in [4.78, 5) is 26.9. The number of carbonyl (C=O) groups is 2. The van der Waals surface area contributed by atoms with Crippen LogP contribution >= 0.6 is 0 Å². The standard InChI is InChI=1S/C26H29N3O5S/c1-2-34-22-10-12-23(13-11-22)35(32,33)29-16-14-28(15-17-29)26(31)19-27-25(30)18-21-8-5-7-20-6-3-4-9-24(20)21/h3-13H,2,14-19H2,1H3,(H,27,30). The minimum atomic E-state index is -3.65. The van der Waals surface area contributed by atoms with Crippen LogP contribution in [0.15, 0.2) is 71.6 Å². The van der Waals surface area contributed by atoms with E-state index < -0.39 is 10.0 Å². The monoisotopic (exact) mass is 495 g/mol. The van der Waals surface area contributed by atoms with Gasteiger partial charge in [0, 0.05) is 26.2 Å². The van der Waals surface area contributed by atoms with Crippen molar-refractivity contribution in [1.29, 1.82) is 0 Å². The van der Waals surface area contributed by atoms with Crippen LogP contribution in [-0.4, -0.2) is 68.8 Å². The zero-order chi connectivity index (χ0) is 24.8. The van der Waals surface area contributed by atoms with Gasteiger partial charge in [0.1, 0.15) is 5.75 Å².